The molecule has 0 unspecified atom stereocenters. The number of piperazine rings is 1. The lowest BCUT2D eigenvalue weighted by Crippen LogP contribution is -2.50. The van der Waals surface area contributed by atoms with E-state index in [-0.39, 0.29) is 17.0 Å². The van der Waals surface area contributed by atoms with Crippen molar-refractivity contribution >= 4 is 46.4 Å². The third kappa shape index (κ3) is 7.40. The van der Waals surface area contributed by atoms with Crippen LogP contribution in [0.3, 0.4) is 0 Å². The number of nitrogens with one attached hydrogen (secondary N) is 1. The molecule has 13 nitrogen and oxygen atoms in total. The van der Waals surface area contributed by atoms with E-state index in [1.54, 1.807) is 33.6 Å². The normalized spacial score (nSPS) is 17.2. The first-order valence-electron chi connectivity index (χ1n) is 15.5. The van der Waals surface area contributed by atoms with E-state index >= 15 is 0 Å². The number of aromatic nitrogens is 2. The van der Waals surface area contributed by atoms with Gasteiger partial charge in [0.2, 0.25) is 0 Å². The summed E-state index contributed by atoms with van der Waals surface area (Å²) in [4.78, 5) is 55.5. The van der Waals surface area contributed by atoms with Gasteiger partial charge in [-0.25, -0.2) is 9.78 Å². The van der Waals surface area contributed by atoms with Crippen LogP contribution in [-0.4, -0.2) is 109 Å². The number of morpholine rings is 1. The summed E-state index contributed by atoms with van der Waals surface area (Å²) >= 11 is 1.17. The molecule has 5 heterocycles. The fourth-order valence-corrected chi connectivity index (χ4v) is 6.26. The summed E-state index contributed by atoms with van der Waals surface area (Å²) in [5, 5.41) is 4.89. The van der Waals surface area contributed by atoms with Crippen LogP contribution in [0, 0.1) is 0 Å². The minimum Gasteiger partial charge on any atom is -0.492 e. The number of carbonyl (C=O) groups is 3. The van der Waals surface area contributed by atoms with E-state index < -0.39 is 11.5 Å². The highest BCUT2D eigenvalue weighted by atomic mass is 32.1. The Morgan fingerprint density at radius 1 is 1.07 bits per heavy atom. The predicted octanol–water partition coefficient (Wildman–Crippen LogP) is 3.72. The van der Waals surface area contributed by atoms with Crippen molar-refractivity contribution in [2.24, 2.45) is 0 Å². The Morgan fingerprint density at radius 3 is 2.61 bits per heavy atom. The van der Waals surface area contributed by atoms with Gasteiger partial charge in [-0.05, 0) is 44.5 Å². The van der Waals surface area contributed by atoms with Gasteiger partial charge >= 0.3 is 6.09 Å². The summed E-state index contributed by atoms with van der Waals surface area (Å²) in [5.41, 5.74) is 2.25. The van der Waals surface area contributed by atoms with Gasteiger partial charge < -0.3 is 29.3 Å². The first kappa shape index (κ1) is 31.7. The van der Waals surface area contributed by atoms with Crippen LogP contribution >= 0.6 is 11.3 Å². The summed E-state index contributed by atoms with van der Waals surface area (Å²) in [6, 6.07) is 7.42. The molecule has 0 saturated carbocycles. The van der Waals surface area contributed by atoms with Crippen LogP contribution in [0.15, 0.2) is 42.0 Å². The number of amides is 3. The summed E-state index contributed by atoms with van der Waals surface area (Å²) in [7, 11) is 0. The van der Waals surface area contributed by atoms with Gasteiger partial charge in [0, 0.05) is 63.0 Å². The molecule has 3 aliphatic heterocycles. The molecule has 2 aromatic heterocycles. The maximum Gasteiger partial charge on any atom is 0.410 e. The number of rotatable bonds is 8. The molecule has 3 aromatic rings. The average Bonchev–Trinajstić information content (AvgIpc) is 3.66. The number of thiazole rings is 1. The Labute approximate surface area is 272 Å². The summed E-state index contributed by atoms with van der Waals surface area (Å²) in [6.07, 6.45) is 2.94. The molecule has 14 heteroatoms. The molecule has 46 heavy (non-hydrogen) atoms. The van der Waals surface area contributed by atoms with Crippen LogP contribution in [0.4, 0.5) is 22.0 Å². The van der Waals surface area contributed by atoms with Crippen molar-refractivity contribution in [2.45, 2.75) is 32.9 Å². The molecule has 0 atom stereocenters. The van der Waals surface area contributed by atoms with Gasteiger partial charge in [-0.2, -0.15) is 0 Å². The minimum atomic E-state index is -0.555. The maximum atomic E-state index is 13.4. The summed E-state index contributed by atoms with van der Waals surface area (Å²) in [5.74, 6) is 0.513. The molecule has 1 N–H and O–H groups in total. The number of fused-ring (bicyclic) bond motifs is 1. The highest BCUT2D eigenvalue weighted by Crippen LogP contribution is 2.32. The van der Waals surface area contributed by atoms with Gasteiger partial charge in [0.25, 0.3) is 11.8 Å². The number of ether oxygens (including phenoxy) is 3. The second-order valence-corrected chi connectivity index (χ2v) is 13.2. The van der Waals surface area contributed by atoms with Gasteiger partial charge in [0.05, 0.1) is 37.3 Å². The Kier molecular flexibility index (Phi) is 9.38. The molecule has 6 rings (SSSR count). The van der Waals surface area contributed by atoms with Crippen molar-refractivity contribution in [3.8, 4) is 5.75 Å². The smallest absolute Gasteiger partial charge is 0.410 e. The number of carbonyl (C=O) groups excluding carboxylic acids is 3. The van der Waals surface area contributed by atoms with Gasteiger partial charge in [-0.15, -0.1) is 11.3 Å². The highest BCUT2D eigenvalue weighted by molar-refractivity contribution is 7.12. The van der Waals surface area contributed by atoms with Gasteiger partial charge in [-0.3, -0.25) is 24.4 Å². The molecule has 0 spiro atoms. The molecule has 0 aliphatic carbocycles. The van der Waals surface area contributed by atoms with Gasteiger partial charge in [0.15, 0.2) is 5.01 Å². The predicted molar refractivity (Wildman–Crippen MR) is 174 cm³/mol. The van der Waals surface area contributed by atoms with E-state index in [1.165, 1.54) is 11.3 Å². The SMILES string of the molecule is CC(C)(C)OC(=O)N1CCN(c2ccncc2NC(=O)c2nc(N3Cc4ccc(OCCN5CCOCC5)cc4C3=O)cs2)CC1. The number of pyridine rings is 1. The molecular formula is C32H39N7O6S. The third-order valence-electron chi connectivity index (χ3n) is 7.95. The van der Waals surface area contributed by atoms with Crippen molar-refractivity contribution in [1.82, 2.24) is 19.8 Å². The first-order valence-corrected chi connectivity index (χ1v) is 16.3. The van der Waals surface area contributed by atoms with Crippen molar-refractivity contribution in [3.05, 3.63) is 58.2 Å². The number of anilines is 3. The molecular weight excluding hydrogens is 610 g/mol. The van der Waals surface area contributed by atoms with Crippen LogP contribution in [0.5, 0.6) is 5.75 Å². The topological polar surface area (TPSA) is 130 Å². The number of hydrogen-bond donors (Lipinski definition) is 1. The second-order valence-electron chi connectivity index (χ2n) is 12.3. The van der Waals surface area contributed by atoms with Crippen LogP contribution in [0.1, 0.15) is 46.5 Å². The van der Waals surface area contributed by atoms with E-state index in [0.29, 0.717) is 62.1 Å². The summed E-state index contributed by atoms with van der Waals surface area (Å²) in [6.45, 7) is 12.7. The quantitative estimate of drug-likeness (QED) is 0.386. The Bertz CT molecular complexity index is 1580. The minimum absolute atomic E-state index is 0.175. The fraction of sp³-hybridized carbons (Fsp3) is 0.469. The van der Waals surface area contributed by atoms with Crippen molar-refractivity contribution in [3.63, 3.8) is 0 Å². The van der Waals surface area contributed by atoms with Crippen molar-refractivity contribution < 1.29 is 28.6 Å². The zero-order chi connectivity index (χ0) is 32.3. The van der Waals surface area contributed by atoms with E-state index in [4.69, 9.17) is 14.2 Å². The number of nitrogens with zero attached hydrogens (tertiary/aromatic N) is 6. The largest absolute Gasteiger partial charge is 0.492 e. The monoisotopic (exact) mass is 649 g/mol. The standard InChI is InChI=1S/C32H39N7O6S/c1-32(2,3)45-31(42)38-10-8-37(9-11-38)26-6-7-33-19-25(26)34-28(40)29-35-27(21-46-29)39-20-22-4-5-23(18-24(22)30(39)41)44-17-14-36-12-15-43-16-13-36/h4-7,18-19,21H,8-17,20H2,1-3H3,(H,34,40). The van der Waals surface area contributed by atoms with Crippen LogP contribution in [-0.2, 0) is 16.0 Å². The average molecular weight is 650 g/mol. The third-order valence-corrected chi connectivity index (χ3v) is 8.78. The molecule has 0 bridgehead atoms. The molecule has 2 fully saturated rings. The Morgan fingerprint density at radius 2 is 1.85 bits per heavy atom. The van der Waals surface area contributed by atoms with E-state index in [2.05, 4.69) is 25.1 Å². The number of hydrogen-bond acceptors (Lipinski definition) is 11. The number of benzene rings is 1. The zero-order valence-electron chi connectivity index (χ0n) is 26.4. The molecule has 0 radical (unpaired) electrons. The highest BCUT2D eigenvalue weighted by Gasteiger charge is 2.32. The Balaban J connectivity index is 1.05. The Hall–Kier alpha value is -4.27. The van der Waals surface area contributed by atoms with Crippen LogP contribution in [0.25, 0.3) is 0 Å². The van der Waals surface area contributed by atoms with E-state index in [0.717, 1.165) is 44.1 Å². The zero-order valence-corrected chi connectivity index (χ0v) is 27.2. The van der Waals surface area contributed by atoms with Gasteiger partial charge in [0.1, 0.15) is 23.8 Å². The first-order chi connectivity index (χ1) is 22.1. The van der Waals surface area contributed by atoms with E-state index in [1.807, 2.05) is 39.0 Å². The summed E-state index contributed by atoms with van der Waals surface area (Å²) < 4.78 is 16.8. The maximum absolute atomic E-state index is 13.4. The van der Waals surface area contributed by atoms with E-state index in [9.17, 15) is 14.4 Å². The fourth-order valence-electron chi connectivity index (χ4n) is 5.56. The van der Waals surface area contributed by atoms with Gasteiger partial charge in [-0.1, -0.05) is 6.07 Å². The lowest BCUT2D eigenvalue weighted by molar-refractivity contribution is 0.0240. The lowest BCUT2D eigenvalue weighted by atomic mass is 10.1. The lowest BCUT2D eigenvalue weighted by Gasteiger charge is -2.37. The molecule has 1 aromatic carbocycles. The second kappa shape index (κ2) is 13.6. The van der Waals surface area contributed by atoms with Crippen molar-refractivity contribution in [2.75, 3.05) is 80.8 Å². The molecule has 3 aliphatic rings. The van der Waals surface area contributed by atoms with Crippen LogP contribution < -0.4 is 19.9 Å². The molecule has 2 saturated heterocycles. The van der Waals surface area contributed by atoms with Crippen LogP contribution in [0.2, 0.25) is 0 Å². The molecule has 3 amide bonds. The van der Waals surface area contributed by atoms with Crippen molar-refractivity contribution in [1.29, 1.82) is 0 Å². The molecule has 244 valence electrons.